The summed E-state index contributed by atoms with van der Waals surface area (Å²) >= 11 is 0. The average molecular weight is 177 g/mol. The third-order valence-corrected chi connectivity index (χ3v) is 2.67. The van der Waals surface area contributed by atoms with Gasteiger partial charge in [0.05, 0.1) is 6.61 Å². The number of aliphatic hydroxyl groups excluding tert-OH is 1. The van der Waals surface area contributed by atoms with Crippen LogP contribution >= 0.6 is 0 Å². The van der Waals surface area contributed by atoms with Crippen LogP contribution in [-0.2, 0) is 6.61 Å². The standard InChI is InChI=1S/C11H15NO/c13-8-9-2-1-3-10(6-9)11-4-5-12-7-11/h1-3,6,11-13H,4-5,7-8H2. The van der Waals surface area contributed by atoms with Gasteiger partial charge in [-0.3, -0.25) is 0 Å². The molecule has 2 N–H and O–H groups in total. The van der Waals surface area contributed by atoms with Crippen LogP contribution in [0.1, 0.15) is 23.5 Å². The van der Waals surface area contributed by atoms with Crippen molar-refractivity contribution in [3.8, 4) is 0 Å². The molecule has 13 heavy (non-hydrogen) atoms. The molecule has 1 aromatic rings. The molecular formula is C11H15NO. The molecule has 1 aliphatic heterocycles. The highest BCUT2D eigenvalue weighted by Crippen LogP contribution is 2.22. The van der Waals surface area contributed by atoms with Crippen LogP contribution in [0.5, 0.6) is 0 Å². The Bertz CT molecular complexity index is 279. The highest BCUT2D eigenvalue weighted by Gasteiger charge is 2.16. The molecule has 0 radical (unpaired) electrons. The molecule has 0 bridgehead atoms. The van der Waals surface area contributed by atoms with Crippen molar-refractivity contribution >= 4 is 0 Å². The minimum atomic E-state index is 0.147. The molecule has 0 spiro atoms. The summed E-state index contributed by atoms with van der Waals surface area (Å²) in [6, 6.07) is 8.25. The van der Waals surface area contributed by atoms with E-state index in [1.165, 1.54) is 12.0 Å². The van der Waals surface area contributed by atoms with Crippen LogP contribution in [0.3, 0.4) is 0 Å². The van der Waals surface area contributed by atoms with E-state index in [1.807, 2.05) is 12.1 Å². The van der Waals surface area contributed by atoms with E-state index in [2.05, 4.69) is 17.4 Å². The van der Waals surface area contributed by atoms with Crippen molar-refractivity contribution in [3.63, 3.8) is 0 Å². The maximum absolute atomic E-state index is 8.99. The van der Waals surface area contributed by atoms with Crippen LogP contribution < -0.4 is 5.32 Å². The smallest absolute Gasteiger partial charge is 0.0681 e. The van der Waals surface area contributed by atoms with Crippen molar-refractivity contribution < 1.29 is 5.11 Å². The summed E-state index contributed by atoms with van der Waals surface area (Å²) in [6.45, 7) is 2.34. The number of rotatable bonds is 2. The lowest BCUT2D eigenvalue weighted by atomic mass is 9.97. The zero-order valence-electron chi connectivity index (χ0n) is 7.66. The fraction of sp³-hybridized carbons (Fsp3) is 0.455. The predicted octanol–water partition coefficient (Wildman–Crippen LogP) is 1.26. The van der Waals surface area contributed by atoms with E-state index in [-0.39, 0.29) is 6.61 Å². The molecule has 1 heterocycles. The molecule has 0 amide bonds. The minimum Gasteiger partial charge on any atom is -0.392 e. The first kappa shape index (κ1) is 8.73. The SMILES string of the molecule is OCc1cccc(C2CCNC2)c1. The van der Waals surface area contributed by atoms with Crippen LogP contribution in [-0.4, -0.2) is 18.2 Å². The molecule has 70 valence electrons. The molecule has 1 atom stereocenters. The van der Waals surface area contributed by atoms with Gasteiger partial charge in [-0.1, -0.05) is 24.3 Å². The summed E-state index contributed by atoms with van der Waals surface area (Å²) in [6.07, 6.45) is 1.22. The van der Waals surface area contributed by atoms with Crippen molar-refractivity contribution in [2.24, 2.45) is 0 Å². The van der Waals surface area contributed by atoms with E-state index < -0.39 is 0 Å². The Morgan fingerprint density at radius 2 is 2.38 bits per heavy atom. The molecule has 0 aromatic heterocycles. The molecule has 0 saturated carbocycles. The summed E-state index contributed by atoms with van der Waals surface area (Å²) < 4.78 is 0. The lowest BCUT2D eigenvalue weighted by Crippen LogP contribution is -2.08. The Balaban J connectivity index is 2.18. The number of benzene rings is 1. The Labute approximate surface area is 78.6 Å². The fourth-order valence-electron chi connectivity index (χ4n) is 1.88. The average Bonchev–Trinajstić information content (AvgIpc) is 2.71. The predicted molar refractivity (Wildman–Crippen MR) is 52.6 cm³/mol. The third kappa shape index (κ3) is 1.90. The monoisotopic (exact) mass is 177 g/mol. The quantitative estimate of drug-likeness (QED) is 0.712. The number of hydrogen-bond acceptors (Lipinski definition) is 2. The Kier molecular flexibility index (Phi) is 2.62. The summed E-state index contributed by atoms with van der Waals surface area (Å²) in [5.41, 5.74) is 2.38. The molecule has 1 aliphatic rings. The molecule has 2 rings (SSSR count). The lowest BCUT2D eigenvalue weighted by molar-refractivity contribution is 0.281. The molecule has 1 saturated heterocycles. The molecule has 1 aromatic carbocycles. The summed E-state index contributed by atoms with van der Waals surface area (Å²) in [7, 11) is 0. The van der Waals surface area contributed by atoms with Gasteiger partial charge in [0.1, 0.15) is 0 Å². The van der Waals surface area contributed by atoms with Gasteiger partial charge >= 0.3 is 0 Å². The van der Waals surface area contributed by atoms with Gasteiger partial charge in [0.2, 0.25) is 0 Å². The van der Waals surface area contributed by atoms with E-state index in [0.29, 0.717) is 5.92 Å². The summed E-state index contributed by atoms with van der Waals surface area (Å²) in [4.78, 5) is 0. The number of nitrogens with one attached hydrogen (secondary N) is 1. The first-order valence-corrected chi connectivity index (χ1v) is 4.80. The van der Waals surface area contributed by atoms with Gasteiger partial charge in [0.15, 0.2) is 0 Å². The van der Waals surface area contributed by atoms with Crippen LogP contribution in [0.15, 0.2) is 24.3 Å². The van der Waals surface area contributed by atoms with Gasteiger partial charge in [-0.2, -0.15) is 0 Å². The van der Waals surface area contributed by atoms with Crippen molar-refractivity contribution in [2.45, 2.75) is 18.9 Å². The van der Waals surface area contributed by atoms with Gasteiger partial charge in [0.25, 0.3) is 0 Å². The Morgan fingerprint density at radius 3 is 3.08 bits per heavy atom. The van der Waals surface area contributed by atoms with Gasteiger partial charge in [0, 0.05) is 6.54 Å². The van der Waals surface area contributed by atoms with E-state index in [1.54, 1.807) is 0 Å². The molecular weight excluding hydrogens is 162 g/mol. The van der Waals surface area contributed by atoms with Crippen molar-refractivity contribution in [1.29, 1.82) is 0 Å². The zero-order valence-corrected chi connectivity index (χ0v) is 7.66. The number of aliphatic hydroxyl groups is 1. The first-order chi connectivity index (χ1) is 6.40. The highest BCUT2D eigenvalue weighted by atomic mass is 16.3. The van der Waals surface area contributed by atoms with Gasteiger partial charge < -0.3 is 10.4 Å². The van der Waals surface area contributed by atoms with Crippen molar-refractivity contribution in [3.05, 3.63) is 35.4 Å². The topological polar surface area (TPSA) is 32.3 Å². The molecule has 2 heteroatoms. The maximum Gasteiger partial charge on any atom is 0.0681 e. The Hall–Kier alpha value is -0.860. The summed E-state index contributed by atoms with van der Waals surface area (Å²) in [5, 5.41) is 12.3. The fourth-order valence-corrected chi connectivity index (χ4v) is 1.88. The van der Waals surface area contributed by atoms with Gasteiger partial charge in [-0.05, 0) is 30.0 Å². The van der Waals surface area contributed by atoms with E-state index >= 15 is 0 Å². The maximum atomic E-state index is 8.99. The molecule has 0 aliphatic carbocycles. The van der Waals surface area contributed by atoms with E-state index in [0.717, 1.165) is 18.7 Å². The van der Waals surface area contributed by atoms with Crippen LogP contribution in [0.4, 0.5) is 0 Å². The van der Waals surface area contributed by atoms with Gasteiger partial charge in [-0.15, -0.1) is 0 Å². The first-order valence-electron chi connectivity index (χ1n) is 4.80. The van der Waals surface area contributed by atoms with Crippen LogP contribution in [0, 0.1) is 0 Å². The lowest BCUT2D eigenvalue weighted by Gasteiger charge is -2.09. The van der Waals surface area contributed by atoms with Gasteiger partial charge in [-0.25, -0.2) is 0 Å². The zero-order chi connectivity index (χ0) is 9.10. The van der Waals surface area contributed by atoms with E-state index in [4.69, 9.17) is 5.11 Å². The van der Waals surface area contributed by atoms with E-state index in [9.17, 15) is 0 Å². The van der Waals surface area contributed by atoms with Crippen molar-refractivity contribution in [2.75, 3.05) is 13.1 Å². The minimum absolute atomic E-state index is 0.147. The second-order valence-electron chi connectivity index (χ2n) is 3.59. The van der Waals surface area contributed by atoms with Crippen molar-refractivity contribution in [1.82, 2.24) is 5.32 Å². The second kappa shape index (κ2) is 3.90. The van der Waals surface area contributed by atoms with Crippen LogP contribution in [0.25, 0.3) is 0 Å². The second-order valence-corrected chi connectivity index (χ2v) is 3.59. The molecule has 1 fully saturated rings. The largest absolute Gasteiger partial charge is 0.392 e. The third-order valence-electron chi connectivity index (χ3n) is 2.67. The molecule has 1 unspecified atom stereocenters. The number of hydrogen-bond donors (Lipinski definition) is 2. The highest BCUT2D eigenvalue weighted by molar-refractivity contribution is 5.26. The Morgan fingerprint density at radius 1 is 1.46 bits per heavy atom. The summed E-state index contributed by atoms with van der Waals surface area (Å²) in [5.74, 6) is 0.645. The van der Waals surface area contributed by atoms with Crippen LogP contribution in [0.2, 0.25) is 0 Å². The molecule has 2 nitrogen and oxygen atoms in total. The normalized spacial score (nSPS) is 22.1.